The van der Waals surface area contributed by atoms with Gasteiger partial charge >= 0.3 is 0 Å². The number of rotatable bonds is 7. The first-order valence-corrected chi connectivity index (χ1v) is 15.1. The van der Waals surface area contributed by atoms with E-state index in [-0.39, 0.29) is 6.04 Å². The van der Waals surface area contributed by atoms with E-state index in [1.807, 2.05) is 94.4 Å². The summed E-state index contributed by atoms with van der Waals surface area (Å²) in [5.74, 6) is 1.21. The molecule has 0 radical (unpaired) electrons. The zero-order chi connectivity index (χ0) is 29.2. The normalized spacial score (nSPS) is 14.3. The standard InChI is InChI=1S/C23H22N2O.C9H20.2C2H6/c1-25-14-13-21(24)18-9-5-6-10-19(18)23(25)20-12-11-17(15-22(20)26)16-7-3-2-4-8-16;1-4-5-6-7-8-9(2)3;2*1-2/h2-13,15,23,26H,14,24H2,1H3;9H,4-8H2,1-3H3;2*1-2H3. The number of phenols is 1. The average molecular weight is 531 g/mol. The molecule has 0 aliphatic carbocycles. The number of benzene rings is 3. The molecule has 0 saturated heterocycles. The lowest BCUT2D eigenvalue weighted by Crippen LogP contribution is -2.25. The predicted molar refractivity (Wildman–Crippen MR) is 173 cm³/mol. The van der Waals surface area contributed by atoms with Crippen molar-refractivity contribution in [3.05, 3.63) is 95.6 Å². The fourth-order valence-corrected chi connectivity index (χ4v) is 4.66. The highest BCUT2D eigenvalue weighted by atomic mass is 16.3. The van der Waals surface area contributed by atoms with Gasteiger partial charge in [-0.25, -0.2) is 0 Å². The lowest BCUT2D eigenvalue weighted by atomic mass is 9.91. The summed E-state index contributed by atoms with van der Waals surface area (Å²) in [5, 5.41) is 10.8. The Morgan fingerprint density at radius 1 is 0.821 bits per heavy atom. The molecular weight excluding hydrogens is 476 g/mol. The number of unbranched alkanes of at least 4 members (excludes halogenated alkanes) is 3. The summed E-state index contributed by atoms with van der Waals surface area (Å²) >= 11 is 0. The molecule has 0 amide bonds. The number of aromatic hydroxyl groups is 1. The first-order chi connectivity index (χ1) is 18.9. The van der Waals surface area contributed by atoms with Crippen LogP contribution in [0.4, 0.5) is 0 Å². The zero-order valence-electron chi connectivity index (χ0n) is 25.9. The van der Waals surface area contributed by atoms with Gasteiger partial charge in [-0.1, -0.05) is 147 Å². The van der Waals surface area contributed by atoms with E-state index in [2.05, 4.69) is 44.9 Å². The zero-order valence-corrected chi connectivity index (χ0v) is 25.9. The molecule has 3 aromatic carbocycles. The summed E-state index contributed by atoms with van der Waals surface area (Å²) < 4.78 is 0. The highest BCUT2D eigenvalue weighted by Crippen LogP contribution is 2.39. The Morgan fingerprint density at radius 3 is 2.08 bits per heavy atom. The Balaban J connectivity index is 0.000000498. The summed E-state index contributed by atoms with van der Waals surface area (Å²) in [7, 11) is 2.06. The van der Waals surface area contributed by atoms with Crippen LogP contribution in [0.25, 0.3) is 16.8 Å². The van der Waals surface area contributed by atoms with Gasteiger partial charge in [-0.15, -0.1) is 0 Å². The molecule has 0 saturated carbocycles. The van der Waals surface area contributed by atoms with Crippen molar-refractivity contribution in [2.75, 3.05) is 13.6 Å². The molecule has 214 valence electrons. The summed E-state index contributed by atoms with van der Waals surface area (Å²) in [6.45, 7) is 15.6. The van der Waals surface area contributed by atoms with Crippen LogP contribution in [-0.2, 0) is 0 Å². The molecule has 39 heavy (non-hydrogen) atoms. The molecule has 1 atom stereocenters. The molecule has 0 bridgehead atoms. The Morgan fingerprint density at radius 2 is 1.46 bits per heavy atom. The van der Waals surface area contributed by atoms with E-state index in [1.54, 1.807) is 0 Å². The number of phenolic OH excluding ortho intramolecular Hbond substituents is 1. The number of hydrogen-bond acceptors (Lipinski definition) is 3. The first-order valence-electron chi connectivity index (χ1n) is 15.1. The van der Waals surface area contributed by atoms with Crippen molar-refractivity contribution < 1.29 is 5.11 Å². The third kappa shape index (κ3) is 10.6. The van der Waals surface area contributed by atoms with Crippen molar-refractivity contribution in [1.82, 2.24) is 4.90 Å². The summed E-state index contributed by atoms with van der Waals surface area (Å²) in [4.78, 5) is 2.20. The van der Waals surface area contributed by atoms with Crippen LogP contribution in [-0.4, -0.2) is 23.6 Å². The summed E-state index contributed by atoms with van der Waals surface area (Å²) in [6.07, 6.45) is 9.11. The maximum atomic E-state index is 10.8. The largest absolute Gasteiger partial charge is 0.508 e. The van der Waals surface area contributed by atoms with Crippen LogP contribution in [0.3, 0.4) is 0 Å². The number of fused-ring (bicyclic) bond motifs is 1. The summed E-state index contributed by atoms with van der Waals surface area (Å²) in [6, 6.07) is 24.2. The highest BCUT2D eigenvalue weighted by Gasteiger charge is 2.26. The van der Waals surface area contributed by atoms with Crippen LogP contribution in [0.15, 0.2) is 78.9 Å². The molecule has 0 fully saturated rings. The first kappa shape index (κ1) is 34.0. The van der Waals surface area contributed by atoms with Gasteiger partial charge in [0, 0.05) is 23.4 Å². The molecule has 3 N–H and O–H groups in total. The Bertz CT molecular complexity index is 1090. The van der Waals surface area contributed by atoms with Gasteiger partial charge in [-0.05, 0) is 41.8 Å². The molecule has 0 aromatic heterocycles. The van der Waals surface area contributed by atoms with Gasteiger partial charge < -0.3 is 10.8 Å². The fraction of sp³-hybridized carbons (Fsp3) is 0.444. The molecular formula is C36H54N2O. The molecule has 1 heterocycles. The Kier molecular flexibility index (Phi) is 16.6. The molecule has 4 rings (SSSR count). The molecule has 3 nitrogen and oxygen atoms in total. The molecule has 0 spiro atoms. The number of hydrogen-bond donors (Lipinski definition) is 2. The van der Waals surface area contributed by atoms with Gasteiger partial charge in [0.05, 0.1) is 6.04 Å². The van der Waals surface area contributed by atoms with E-state index in [1.165, 1.54) is 32.1 Å². The third-order valence-corrected chi connectivity index (χ3v) is 6.67. The van der Waals surface area contributed by atoms with E-state index >= 15 is 0 Å². The van der Waals surface area contributed by atoms with Crippen molar-refractivity contribution in [2.45, 2.75) is 86.6 Å². The molecule has 3 heteroatoms. The van der Waals surface area contributed by atoms with Crippen molar-refractivity contribution in [2.24, 2.45) is 11.7 Å². The minimum Gasteiger partial charge on any atom is -0.508 e. The molecule has 1 aliphatic rings. The lowest BCUT2D eigenvalue weighted by molar-refractivity contribution is 0.303. The molecule has 1 aliphatic heterocycles. The van der Waals surface area contributed by atoms with E-state index in [9.17, 15) is 5.11 Å². The Labute approximate surface area is 239 Å². The van der Waals surface area contributed by atoms with Crippen molar-refractivity contribution in [3.8, 4) is 16.9 Å². The minimum atomic E-state index is -0.0478. The maximum absolute atomic E-state index is 10.8. The van der Waals surface area contributed by atoms with Crippen molar-refractivity contribution >= 4 is 5.70 Å². The van der Waals surface area contributed by atoms with Crippen LogP contribution in [0, 0.1) is 5.92 Å². The van der Waals surface area contributed by atoms with Crippen LogP contribution < -0.4 is 5.73 Å². The predicted octanol–water partition coefficient (Wildman–Crippen LogP) is 10.1. The second kappa shape index (κ2) is 19.1. The highest BCUT2D eigenvalue weighted by molar-refractivity contribution is 5.70. The van der Waals surface area contributed by atoms with Crippen LogP contribution in [0.1, 0.15) is 103 Å². The maximum Gasteiger partial charge on any atom is 0.121 e. The van der Waals surface area contributed by atoms with E-state index in [0.717, 1.165) is 46.0 Å². The number of likely N-dealkylation sites (N-methyl/N-ethyl adjacent to an activating group) is 1. The van der Waals surface area contributed by atoms with Gasteiger partial charge in [0.15, 0.2) is 0 Å². The van der Waals surface area contributed by atoms with Crippen LogP contribution >= 0.6 is 0 Å². The summed E-state index contributed by atoms with van der Waals surface area (Å²) in [5.41, 5.74) is 12.2. The lowest BCUT2D eigenvalue weighted by Gasteiger charge is -2.28. The van der Waals surface area contributed by atoms with Gasteiger partial charge in [0.25, 0.3) is 0 Å². The SMILES string of the molecule is CC.CC.CCCCCCC(C)C.CN1CC=C(N)c2ccccc2C1c1ccc(-c2ccccc2)cc1O. The average Bonchev–Trinajstić information content (AvgIpc) is 3.10. The Hall–Kier alpha value is -3.04. The minimum absolute atomic E-state index is 0.0478. The van der Waals surface area contributed by atoms with Crippen LogP contribution in [0.2, 0.25) is 0 Å². The van der Waals surface area contributed by atoms with Crippen LogP contribution in [0.5, 0.6) is 5.75 Å². The number of nitrogens with zero attached hydrogens (tertiary/aromatic N) is 1. The third-order valence-electron chi connectivity index (χ3n) is 6.67. The van der Waals surface area contributed by atoms with Gasteiger partial charge in [-0.2, -0.15) is 0 Å². The van der Waals surface area contributed by atoms with Crippen molar-refractivity contribution in [1.29, 1.82) is 0 Å². The fourth-order valence-electron chi connectivity index (χ4n) is 4.66. The quantitative estimate of drug-likeness (QED) is 0.299. The molecule has 1 unspecified atom stereocenters. The van der Waals surface area contributed by atoms with Gasteiger partial charge in [0.2, 0.25) is 0 Å². The monoisotopic (exact) mass is 530 g/mol. The number of nitrogens with two attached hydrogens (primary N) is 1. The smallest absolute Gasteiger partial charge is 0.121 e. The van der Waals surface area contributed by atoms with E-state index < -0.39 is 0 Å². The van der Waals surface area contributed by atoms with Gasteiger partial charge in [-0.3, -0.25) is 4.90 Å². The second-order valence-corrected chi connectivity index (χ2v) is 9.97. The second-order valence-electron chi connectivity index (χ2n) is 9.97. The van der Waals surface area contributed by atoms with E-state index in [4.69, 9.17) is 5.73 Å². The van der Waals surface area contributed by atoms with Gasteiger partial charge in [0.1, 0.15) is 5.75 Å². The van der Waals surface area contributed by atoms with E-state index in [0.29, 0.717) is 5.75 Å². The molecule has 3 aromatic rings. The van der Waals surface area contributed by atoms with Crippen molar-refractivity contribution in [3.63, 3.8) is 0 Å². The topological polar surface area (TPSA) is 49.5 Å².